The van der Waals surface area contributed by atoms with Gasteiger partial charge in [0.15, 0.2) is 0 Å². The molecule has 0 aromatic heterocycles. The summed E-state index contributed by atoms with van der Waals surface area (Å²) in [5.41, 5.74) is 0.705. The number of nitrogens with one attached hydrogen (secondary N) is 1. The second kappa shape index (κ2) is 5.63. The molecule has 0 spiro atoms. The molecule has 0 fully saturated rings. The van der Waals surface area contributed by atoms with Crippen LogP contribution in [0.25, 0.3) is 0 Å². The Kier molecular flexibility index (Phi) is 4.78. The summed E-state index contributed by atoms with van der Waals surface area (Å²) in [5, 5.41) is 3.37. The largest absolute Gasteiger partial charge is 0.324 e. The molecule has 1 rings (SSSR count). The Morgan fingerprint density at radius 2 is 2.36 bits per heavy atom. The molecule has 1 amide bonds. The van der Waals surface area contributed by atoms with Crippen molar-refractivity contribution in [2.24, 2.45) is 0 Å². The molecule has 14 heavy (non-hydrogen) atoms. The molecule has 0 bridgehead atoms. The van der Waals surface area contributed by atoms with Crippen LogP contribution < -0.4 is 5.32 Å². The van der Waals surface area contributed by atoms with Gasteiger partial charge in [-0.15, -0.1) is 0 Å². The van der Waals surface area contributed by atoms with Crippen molar-refractivity contribution >= 4 is 50.9 Å². The average Bonchev–Trinajstić information content (AvgIpc) is 2.12. The first-order valence-corrected chi connectivity index (χ1v) is 6.44. The highest BCUT2D eigenvalue weighted by molar-refractivity contribution is 9.10. The molecule has 0 atom stereocenters. The van der Waals surface area contributed by atoms with Crippen LogP contribution in [0.5, 0.6) is 0 Å². The Hall–Kier alpha value is -0.190. The first-order chi connectivity index (χ1) is 6.63. The summed E-state index contributed by atoms with van der Waals surface area (Å²) < 4.78 is 0.830. The van der Waals surface area contributed by atoms with Crippen LogP contribution in [-0.2, 0) is 4.79 Å². The molecule has 0 aliphatic heterocycles. The lowest BCUT2D eigenvalue weighted by Crippen LogP contribution is -2.14. The molecule has 0 aliphatic carbocycles. The fourth-order valence-corrected chi connectivity index (χ4v) is 1.76. The number of rotatable bonds is 3. The van der Waals surface area contributed by atoms with Crippen LogP contribution in [0.1, 0.15) is 0 Å². The lowest BCUT2D eigenvalue weighted by atomic mass is 10.3. The monoisotopic (exact) mass is 293 g/mol. The van der Waals surface area contributed by atoms with Crippen molar-refractivity contribution in [2.45, 2.75) is 0 Å². The smallest absolute Gasteiger partial charge is 0.234 e. The summed E-state index contributed by atoms with van der Waals surface area (Å²) in [5.74, 6) is 0.416. The van der Waals surface area contributed by atoms with Crippen LogP contribution in [0.3, 0.4) is 0 Å². The number of benzene rings is 1. The van der Waals surface area contributed by atoms with E-state index < -0.39 is 0 Å². The maximum atomic E-state index is 11.3. The summed E-state index contributed by atoms with van der Waals surface area (Å²) in [6.45, 7) is 0. The zero-order valence-electron chi connectivity index (χ0n) is 7.51. The van der Waals surface area contributed by atoms with Crippen molar-refractivity contribution in [3.8, 4) is 0 Å². The fourth-order valence-electron chi connectivity index (χ4n) is 0.911. The van der Waals surface area contributed by atoms with Crippen LogP contribution in [-0.4, -0.2) is 17.9 Å². The molecule has 0 heterocycles. The Balaban J connectivity index is 2.75. The van der Waals surface area contributed by atoms with Crippen molar-refractivity contribution in [1.82, 2.24) is 0 Å². The number of hydrogen-bond acceptors (Lipinski definition) is 2. The molecule has 0 saturated heterocycles. The molecule has 2 nitrogen and oxygen atoms in total. The van der Waals surface area contributed by atoms with Gasteiger partial charge in [0.2, 0.25) is 5.91 Å². The predicted octanol–water partition coefficient (Wildman–Crippen LogP) is 3.40. The zero-order valence-corrected chi connectivity index (χ0v) is 10.7. The van der Waals surface area contributed by atoms with Crippen LogP contribution in [0.15, 0.2) is 22.7 Å². The Labute approximate surface area is 101 Å². The first kappa shape index (κ1) is 11.9. The molecule has 5 heteroatoms. The van der Waals surface area contributed by atoms with Crippen LogP contribution in [0, 0.1) is 0 Å². The van der Waals surface area contributed by atoms with Gasteiger partial charge in [-0.3, -0.25) is 4.79 Å². The third-order valence-electron chi connectivity index (χ3n) is 1.48. The van der Waals surface area contributed by atoms with Gasteiger partial charge in [0, 0.05) is 9.50 Å². The van der Waals surface area contributed by atoms with Gasteiger partial charge in [0.25, 0.3) is 0 Å². The minimum Gasteiger partial charge on any atom is -0.324 e. The van der Waals surface area contributed by atoms with Gasteiger partial charge in [-0.05, 0) is 40.4 Å². The van der Waals surface area contributed by atoms with Gasteiger partial charge in [-0.1, -0.05) is 11.6 Å². The molecule has 1 aromatic carbocycles. The Bertz CT molecular complexity index is 346. The van der Waals surface area contributed by atoms with E-state index in [4.69, 9.17) is 11.6 Å². The van der Waals surface area contributed by atoms with E-state index in [0.717, 1.165) is 4.47 Å². The number of thioether (sulfide) groups is 1. The number of amides is 1. The topological polar surface area (TPSA) is 29.1 Å². The van der Waals surface area contributed by atoms with Crippen molar-refractivity contribution in [3.05, 3.63) is 27.7 Å². The molecule has 76 valence electrons. The van der Waals surface area contributed by atoms with E-state index in [9.17, 15) is 4.79 Å². The summed E-state index contributed by atoms with van der Waals surface area (Å²) in [7, 11) is 0. The van der Waals surface area contributed by atoms with Gasteiger partial charge in [-0.25, -0.2) is 0 Å². The highest BCUT2D eigenvalue weighted by Crippen LogP contribution is 2.25. The molecule has 1 aromatic rings. The van der Waals surface area contributed by atoms with E-state index in [2.05, 4.69) is 21.2 Å². The molecular weight excluding hydrogens is 286 g/mol. The maximum absolute atomic E-state index is 11.3. The van der Waals surface area contributed by atoms with E-state index in [1.807, 2.05) is 6.26 Å². The summed E-state index contributed by atoms with van der Waals surface area (Å²) in [6.07, 6.45) is 1.88. The van der Waals surface area contributed by atoms with Crippen molar-refractivity contribution in [3.63, 3.8) is 0 Å². The second-order valence-electron chi connectivity index (χ2n) is 2.61. The van der Waals surface area contributed by atoms with Crippen molar-refractivity contribution in [1.29, 1.82) is 0 Å². The highest BCUT2D eigenvalue weighted by atomic mass is 79.9. The van der Waals surface area contributed by atoms with Gasteiger partial charge < -0.3 is 5.32 Å². The molecule has 1 N–H and O–H groups in total. The maximum Gasteiger partial charge on any atom is 0.234 e. The van der Waals surface area contributed by atoms with E-state index in [1.165, 1.54) is 11.8 Å². The molecule has 0 unspecified atom stereocenters. The van der Waals surface area contributed by atoms with E-state index in [1.54, 1.807) is 18.2 Å². The Morgan fingerprint density at radius 3 is 3.00 bits per heavy atom. The Morgan fingerprint density at radius 1 is 1.64 bits per heavy atom. The SMILES string of the molecule is CSCC(=O)Nc1cc(Cl)ccc1Br. The number of carbonyl (C=O) groups is 1. The van der Waals surface area contributed by atoms with Gasteiger partial charge in [0.1, 0.15) is 0 Å². The lowest BCUT2D eigenvalue weighted by molar-refractivity contribution is -0.113. The third kappa shape index (κ3) is 3.52. The first-order valence-electron chi connectivity index (χ1n) is 3.87. The predicted molar refractivity (Wildman–Crippen MR) is 66.2 cm³/mol. The highest BCUT2D eigenvalue weighted by Gasteiger charge is 2.04. The molecule has 0 saturated carbocycles. The summed E-state index contributed by atoms with van der Waals surface area (Å²) in [6, 6.07) is 5.27. The number of halogens is 2. The average molecular weight is 295 g/mol. The zero-order chi connectivity index (χ0) is 10.6. The fraction of sp³-hybridized carbons (Fsp3) is 0.222. The van der Waals surface area contributed by atoms with E-state index in [0.29, 0.717) is 16.5 Å². The second-order valence-corrected chi connectivity index (χ2v) is 4.76. The minimum atomic E-state index is -0.0273. The van der Waals surface area contributed by atoms with Gasteiger partial charge in [-0.2, -0.15) is 11.8 Å². The summed E-state index contributed by atoms with van der Waals surface area (Å²) in [4.78, 5) is 11.3. The lowest BCUT2D eigenvalue weighted by Gasteiger charge is -2.06. The van der Waals surface area contributed by atoms with Crippen molar-refractivity contribution < 1.29 is 4.79 Å². The normalized spacial score (nSPS) is 9.93. The number of anilines is 1. The van der Waals surface area contributed by atoms with Crippen molar-refractivity contribution in [2.75, 3.05) is 17.3 Å². The third-order valence-corrected chi connectivity index (χ3v) is 2.96. The minimum absolute atomic E-state index is 0.0273. The number of hydrogen-bond donors (Lipinski definition) is 1. The molecule has 0 aliphatic rings. The summed E-state index contributed by atoms with van der Waals surface area (Å²) >= 11 is 10.6. The quantitative estimate of drug-likeness (QED) is 0.925. The van der Waals surface area contributed by atoms with Gasteiger partial charge in [0.05, 0.1) is 11.4 Å². The van der Waals surface area contributed by atoms with Crippen LogP contribution >= 0.6 is 39.3 Å². The van der Waals surface area contributed by atoms with Crippen LogP contribution in [0.4, 0.5) is 5.69 Å². The van der Waals surface area contributed by atoms with Crippen LogP contribution in [0.2, 0.25) is 5.02 Å². The number of carbonyl (C=O) groups excluding carboxylic acids is 1. The molecular formula is C9H9BrClNOS. The van der Waals surface area contributed by atoms with Gasteiger partial charge >= 0.3 is 0 Å². The van der Waals surface area contributed by atoms with E-state index in [-0.39, 0.29) is 5.91 Å². The van der Waals surface area contributed by atoms with E-state index >= 15 is 0 Å². The molecule has 0 radical (unpaired) electrons. The standard InChI is InChI=1S/C9H9BrClNOS/c1-14-5-9(13)12-8-4-6(11)2-3-7(8)10/h2-4H,5H2,1H3,(H,12,13).